The van der Waals surface area contributed by atoms with Crippen LogP contribution in [-0.4, -0.2) is 33.4 Å². The molecule has 0 radical (unpaired) electrons. The SMILES string of the molecule is CC(C)OCC(=O)NC(C)c1nnc2n1CCCCC2. The van der Waals surface area contributed by atoms with E-state index < -0.39 is 0 Å². The van der Waals surface area contributed by atoms with Crippen molar-refractivity contribution in [1.82, 2.24) is 20.1 Å². The molecule has 1 aromatic heterocycles. The molecule has 6 heteroatoms. The highest BCUT2D eigenvalue weighted by Gasteiger charge is 2.20. The number of hydrogen-bond donors (Lipinski definition) is 1. The lowest BCUT2D eigenvalue weighted by molar-refractivity contribution is -0.127. The number of carbonyl (C=O) groups is 1. The maximum Gasteiger partial charge on any atom is 0.246 e. The first-order valence-electron chi connectivity index (χ1n) is 7.41. The van der Waals surface area contributed by atoms with Crippen molar-refractivity contribution >= 4 is 5.91 Å². The summed E-state index contributed by atoms with van der Waals surface area (Å²) in [6.07, 6.45) is 4.58. The van der Waals surface area contributed by atoms with Gasteiger partial charge in [-0.15, -0.1) is 10.2 Å². The van der Waals surface area contributed by atoms with E-state index in [1.807, 2.05) is 20.8 Å². The van der Waals surface area contributed by atoms with Crippen LogP contribution in [0.4, 0.5) is 0 Å². The first kappa shape index (κ1) is 15.0. The summed E-state index contributed by atoms with van der Waals surface area (Å²) in [4.78, 5) is 11.8. The molecule has 1 atom stereocenters. The first-order chi connectivity index (χ1) is 9.58. The van der Waals surface area contributed by atoms with E-state index >= 15 is 0 Å². The fraction of sp³-hybridized carbons (Fsp3) is 0.786. The molecule has 1 aromatic rings. The van der Waals surface area contributed by atoms with Crippen LogP contribution in [0.15, 0.2) is 0 Å². The molecule has 20 heavy (non-hydrogen) atoms. The summed E-state index contributed by atoms with van der Waals surface area (Å²) in [6.45, 7) is 6.79. The molecule has 1 N–H and O–H groups in total. The molecular weight excluding hydrogens is 256 g/mol. The molecule has 1 aliphatic heterocycles. The van der Waals surface area contributed by atoms with Gasteiger partial charge in [-0.05, 0) is 33.6 Å². The van der Waals surface area contributed by atoms with E-state index in [0.29, 0.717) is 0 Å². The molecule has 0 saturated heterocycles. The zero-order valence-electron chi connectivity index (χ0n) is 12.6. The standard InChI is InChI=1S/C14H24N4O2/c1-10(2)20-9-13(19)15-11(3)14-17-16-12-7-5-4-6-8-18(12)14/h10-11H,4-9H2,1-3H3,(H,15,19). The van der Waals surface area contributed by atoms with Gasteiger partial charge in [-0.25, -0.2) is 0 Å². The third-order valence-corrected chi connectivity index (χ3v) is 3.45. The fourth-order valence-electron chi connectivity index (χ4n) is 2.42. The van der Waals surface area contributed by atoms with Gasteiger partial charge in [0, 0.05) is 13.0 Å². The number of nitrogens with one attached hydrogen (secondary N) is 1. The van der Waals surface area contributed by atoms with Crippen molar-refractivity contribution in [2.75, 3.05) is 6.61 Å². The average molecular weight is 280 g/mol. The Morgan fingerprint density at radius 1 is 1.30 bits per heavy atom. The van der Waals surface area contributed by atoms with Gasteiger partial charge in [0.15, 0.2) is 5.82 Å². The number of fused-ring (bicyclic) bond motifs is 1. The Morgan fingerprint density at radius 2 is 2.10 bits per heavy atom. The Balaban J connectivity index is 1.97. The summed E-state index contributed by atoms with van der Waals surface area (Å²) in [5, 5.41) is 11.4. The summed E-state index contributed by atoms with van der Waals surface area (Å²) >= 11 is 0. The van der Waals surface area contributed by atoms with Gasteiger partial charge in [0.2, 0.25) is 5.91 Å². The third kappa shape index (κ3) is 3.79. The molecule has 0 aliphatic carbocycles. The van der Waals surface area contributed by atoms with Crippen LogP contribution < -0.4 is 5.32 Å². The van der Waals surface area contributed by atoms with E-state index in [9.17, 15) is 4.79 Å². The average Bonchev–Trinajstić information content (AvgIpc) is 2.66. The van der Waals surface area contributed by atoms with Crippen LogP contribution in [0.25, 0.3) is 0 Å². The maximum atomic E-state index is 11.8. The quantitative estimate of drug-likeness (QED) is 0.889. The summed E-state index contributed by atoms with van der Waals surface area (Å²) in [6, 6.07) is -0.141. The Bertz CT molecular complexity index is 456. The first-order valence-corrected chi connectivity index (χ1v) is 7.41. The van der Waals surface area contributed by atoms with Gasteiger partial charge in [0.25, 0.3) is 0 Å². The summed E-state index contributed by atoms with van der Waals surface area (Å²) < 4.78 is 7.45. The van der Waals surface area contributed by atoms with Crippen LogP contribution in [0.1, 0.15) is 57.7 Å². The molecule has 1 aliphatic rings. The van der Waals surface area contributed by atoms with Gasteiger partial charge < -0.3 is 14.6 Å². The van der Waals surface area contributed by atoms with Crippen LogP contribution in [0.2, 0.25) is 0 Å². The second-order valence-electron chi connectivity index (χ2n) is 5.59. The number of amides is 1. The van der Waals surface area contributed by atoms with E-state index in [0.717, 1.165) is 31.0 Å². The lowest BCUT2D eigenvalue weighted by atomic mass is 10.2. The molecular formula is C14H24N4O2. The number of carbonyl (C=O) groups excluding carboxylic acids is 1. The van der Waals surface area contributed by atoms with E-state index in [1.165, 1.54) is 12.8 Å². The summed E-state index contributed by atoms with van der Waals surface area (Å²) in [5.41, 5.74) is 0. The number of rotatable bonds is 5. The fourth-order valence-corrected chi connectivity index (χ4v) is 2.42. The predicted molar refractivity (Wildman–Crippen MR) is 75.2 cm³/mol. The van der Waals surface area contributed by atoms with Crippen LogP contribution >= 0.6 is 0 Å². The zero-order valence-corrected chi connectivity index (χ0v) is 12.6. The number of aromatic nitrogens is 3. The van der Waals surface area contributed by atoms with Gasteiger partial charge >= 0.3 is 0 Å². The van der Waals surface area contributed by atoms with E-state index in [4.69, 9.17) is 4.74 Å². The summed E-state index contributed by atoms with van der Waals surface area (Å²) in [7, 11) is 0. The Morgan fingerprint density at radius 3 is 2.85 bits per heavy atom. The van der Waals surface area contributed by atoms with E-state index in [-0.39, 0.29) is 24.7 Å². The van der Waals surface area contributed by atoms with Crippen LogP contribution in [0.3, 0.4) is 0 Å². The molecule has 1 amide bonds. The minimum absolute atomic E-state index is 0.0559. The summed E-state index contributed by atoms with van der Waals surface area (Å²) in [5.74, 6) is 1.77. The van der Waals surface area contributed by atoms with Crippen molar-refractivity contribution in [1.29, 1.82) is 0 Å². The van der Waals surface area contributed by atoms with Crippen molar-refractivity contribution in [3.8, 4) is 0 Å². The van der Waals surface area contributed by atoms with Gasteiger partial charge in [-0.2, -0.15) is 0 Å². The van der Waals surface area contributed by atoms with Crippen molar-refractivity contribution < 1.29 is 9.53 Å². The molecule has 2 heterocycles. The topological polar surface area (TPSA) is 69.0 Å². The molecule has 0 aromatic carbocycles. The van der Waals surface area contributed by atoms with Crippen molar-refractivity contribution in [2.45, 2.75) is 65.1 Å². The monoisotopic (exact) mass is 280 g/mol. The Labute approximate surface area is 119 Å². The maximum absolute atomic E-state index is 11.8. The highest BCUT2D eigenvalue weighted by atomic mass is 16.5. The molecule has 0 saturated carbocycles. The molecule has 2 rings (SSSR count). The van der Waals surface area contributed by atoms with Gasteiger partial charge in [-0.3, -0.25) is 4.79 Å². The second-order valence-corrected chi connectivity index (χ2v) is 5.59. The largest absolute Gasteiger partial charge is 0.369 e. The van der Waals surface area contributed by atoms with E-state index in [2.05, 4.69) is 20.1 Å². The lowest BCUT2D eigenvalue weighted by Gasteiger charge is -2.16. The molecule has 0 spiro atoms. The van der Waals surface area contributed by atoms with Gasteiger partial charge in [0.1, 0.15) is 12.4 Å². The lowest BCUT2D eigenvalue weighted by Crippen LogP contribution is -2.32. The van der Waals surface area contributed by atoms with Gasteiger partial charge in [0.05, 0.1) is 12.1 Å². The molecule has 0 fully saturated rings. The van der Waals surface area contributed by atoms with E-state index in [1.54, 1.807) is 0 Å². The Hall–Kier alpha value is -1.43. The van der Waals surface area contributed by atoms with Gasteiger partial charge in [-0.1, -0.05) is 6.42 Å². The minimum Gasteiger partial charge on any atom is -0.369 e. The smallest absolute Gasteiger partial charge is 0.246 e. The van der Waals surface area contributed by atoms with Crippen molar-refractivity contribution in [3.63, 3.8) is 0 Å². The number of hydrogen-bond acceptors (Lipinski definition) is 4. The molecule has 1 unspecified atom stereocenters. The van der Waals surface area contributed by atoms with Crippen LogP contribution in [0, 0.1) is 0 Å². The second kappa shape index (κ2) is 6.83. The zero-order chi connectivity index (χ0) is 14.5. The number of aryl methyl sites for hydroxylation is 1. The predicted octanol–water partition coefficient (Wildman–Crippen LogP) is 1.61. The van der Waals surface area contributed by atoms with Crippen LogP contribution in [-0.2, 0) is 22.5 Å². The van der Waals surface area contributed by atoms with Crippen molar-refractivity contribution in [2.24, 2.45) is 0 Å². The molecule has 0 bridgehead atoms. The minimum atomic E-state index is -0.141. The molecule has 6 nitrogen and oxygen atoms in total. The highest BCUT2D eigenvalue weighted by molar-refractivity contribution is 5.77. The third-order valence-electron chi connectivity index (χ3n) is 3.45. The molecule has 112 valence electrons. The number of nitrogens with zero attached hydrogens (tertiary/aromatic N) is 3. The highest BCUT2D eigenvalue weighted by Crippen LogP contribution is 2.18. The Kier molecular flexibility index (Phi) is 5.11. The van der Waals surface area contributed by atoms with Crippen LogP contribution in [0.5, 0.6) is 0 Å². The number of ether oxygens (including phenoxy) is 1. The normalized spacial score (nSPS) is 16.6. The van der Waals surface area contributed by atoms with Crippen molar-refractivity contribution in [3.05, 3.63) is 11.6 Å².